The van der Waals surface area contributed by atoms with Crippen LogP contribution < -0.4 is 14.8 Å². The van der Waals surface area contributed by atoms with E-state index in [0.29, 0.717) is 22.1 Å². The molecule has 8 heteroatoms. The topological polar surface area (TPSA) is 65.4 Å². The number of carbonyl (C=O) groups excluding carboxylic acids is 1. The number of ether oxygens (including phenoxy) is 2. The van der Waals surface area contributed by atoms with Crippen LogP contribution in [0.4, 0.5) is 10.1 Å². The average molecular weight is 411 g/mol. The van der Waals surface area contributed by atoms with Crippen LogP contribution in [0.25, 0.3) is 15.9 Å². The minimum absolute atomic E-state index is 0.250. The van der Waals surface area contributed by atoms with Crippen LogP contribution in [0.15, 0.2) is 48.5 Å². The molecular formula is C21H18FN3O3S. The summed E-state index contributed by atoms with van der Waals surface area (Å²) in [4.78, 5) is 14.2. The van der Waals surface area contributed by atoms with Gasteiger partial charge in [-0.2, -0.15) is 5.10 Å². The van der Waals surface area contributed by atoms with Crippen molar-refractivity contribution in [3.05, 3.63) is 64.9 Å². The maximum absolute atomic E-state index is 13.2. The van der Waals surface area contributed by atoms with Gasteiger partial charge in [0.25, 0.3) is 5.91 Å². The standard InChI is InChI=1S/C21H18FN3O3S/c1-12-16-11-19(20(26)23-17-9-8-15(27-2)10-18(17)28-3)29-21(16)25(24-12)14-6-4-13(22)5-7-14/h4-11H,1-3H3,(H,23,26). The fourth-order valence-electron chi connectivity index (χ4n) is 3.00. The van der Waals surface area contributed by atoms with Crippen molar-refractivity contribution < 1.29 is 18.7 Å². The lowest BCUT2D eigenvalue weighted by Gasteiger charge is -2.11. The molecule has 0 aliphatic rings. The van der Waals surface area contributed by atoms with Crippen LogP contribution in [-0.2, 0) is 0 Å². The molecule has 6 nitrogen and oxygen atoms in total. The number of hydrogen-bond acceptors (Lipinski definition) is 5. The summed E-state index contributed by atoms with van der Waals surface area (Å²) in [5.74, 6) is 0.581. The van der Waals surface area contributed by atoms with Gasteiger partial charge < -0.3 is 14.8 Å². The van der Waals surface area contributed by atoms with Gasteiger partial charge in [-0.25, -0.2) is 9.07 Å². The predicted octanol–water partition coefficient (Wildman–Crippen LogP) is 4.80. The van der Waals surface area contributed by atoms with E-state index in [4.69, 9.17) is 9.47 Å². The number of carbonyl (C=O) groups is 1. The molecule has 0 unspecified atom stereocenters. The third-order valence-corrected chi connectivity index (χ3v) is 5.61. The zero-order valence-corrected chi connectivity index (χ0v) is 16.8. The second-order valence-electron chi connectivity index (χ2n) is 6.32. The molecule has 0 aliphatic carbocycles. The Balaban J connectivity index is 1.67. The minimum Gasteiger partial charge on any atom is -0.497 e. The number of anilines is 1. The van der Waals surface area contributed by atoms with Crippen LogP contribution in [0.3, 0.4) is 0 Å². The van der Waals surface area contributed by atoms with Crippen molar-refractivity contribution >= 4 is 33.1 Å². The van der Waals surface area contributed by atoms with Crippen molar-refractivity contribution in [1.82, 2.24) is 9.78 Å². The van der Waals surface area contributed by atoms with Gasteiger partial charge in [-0.05, 0) is 49.4 Å². The van der Waals surface area contributed by atoms with Gasteiger partial charge in [-0.15, -0.1) is 11.3 Å². The summed E-state index contributed by atoms with van der Waals surface area (Å²) in [6.45, 7) is 1.88. The largest absolute Gasteiger partial charge is 0.497 e. The van der Waals surface area contributed by atoms with E-state index >= 15 is 0 Å². The summed E-state index contributed by atoms with van der Waals surface area (Å²) in [5, 5.41) is 8.28. The fourth-order valence-corrected chi connectivity index (χ4v) is 4.08. The van der Waals surface area contributed by atoms with E-state index < -0.39 is 0 Å². The number of methoxy groups -OCH3 is 2. The predicted molar refractivity (Wildman–Crippen MR) is 111 cm³/mol. The van der Waals surface area contributed by atoms with Gasteiger partial charge >= 0.3 is 0 Å². The van der Waals surface area contributed by atoms with E-state index in [1.165, 1.54) is 30.6 Å². The molecule has 0 radical (unpaired) electrons. The lowest BCUT2D eigenvalue weighted by molar-refractivity contribution is 0.103. The summed E-state index contributed by atoms with van der Waals surface area (Å²) >= 11 is 1.32. The molecule has 4 rings (SSSR count). The Kier molecular flexibility index (Phi) is 4.94. The molecular weight excluding hydrogens is 393 g/mol. The zero-order chi connectivity index (χ0) is 20.5. The van der Waals surface area contributed by atoms with Gasteiger partial charge in [0.15, 0.2) is 0 Å². The number of nitrogens with zero attached hydrogens (tertiary/aromatic N) is 2. The maximum atomic E-state index is 13.2. The summed E-state index contributed by atoms with van der Waals surface area (Å²) in [7, 11) is 3.10. The van der Waals surface area contributed by atoms with Gasteiger partial charge in [0, 0.05) is 11.5 Å². The number of nitrogens with one attached hydrogen (secondary N) is 1. The van der Waals surface area contributed by atoms with E-state index in [9.17, 15) is 9.18 Å². The Labute approximate surface area is 170 Å². The highest BCUT2D eigenvalue weighted by Crippen LogP contribution is 2.33. The molecule has 0 bridgehead atoms. The summed E-state index contributed by atoms with van der Waals surface area (Å²) in [6.07, 6.45) is 0. The van der Waals surface area contributed by atoms with Crippen molar-refractivity contribution in [3.8, 4) is 17.2 Å². The van der Waals surface area contributed by atoms with Crippen molar-refractivity contribution in [3.63, 3.8) is 0 Å². The van der Waals surface area contributed by atoms with Crippen molar-refractivity contribution in [2.45, 2.75) is 6.92 Å². The number of hydrogen-bond donors (Lipinski definition) is 1. The van der Waals surface area contributed by atoms with Crippen molar-refractivity contribution in [1.29, 1.82) is 0 Å². The Morgan fingerprint density at radius 2 is 1.86 bits per heavy atom. The van der Waals surface area contributed by atoms with Crippen LogP contribution in [-0.4, -0.2) is 29.9 Å². The van der Waals surface area contributed by atoms with Crippen LogP contribution >= 0.6 is 11.3 Å². The van der Waals surface area contributed by atoms with Crippen LogP contribution in [0.5, 0.6) is 11.5 Å². The van der Waals surface area contributed by atoms with Gasteiger partial charge in [-0.1, -0.05) is 0 Å². The Hall–Kier alpha value is -3.39. The number of aryl methyl sites for hydroxylation is 1. The molecule has 2 aromatic heterocycles. The molecule has 2 heterocycles. The average Bonchev–Trinajstić information content (AvgIpc) is 3.30. The Morgan fingerprint density at radius 3 is 2.55 bits per heavy atom. The summed E-state index contributed by atoms with van der Waals surface area (Å²) in [6, 6.07) is 13.1. The van der Waals surface area contributed by atoms with E-state index in [2.05, 4.69) is 10.4 Å². The van der Waals surface area contributed by atoms with Crippen molar-refractivity contribution in [2.24, 2.45) is 0 Å². The van der Waals surface area contributed by atoms with E-state index in [1.54, 1.807) is 42.1 Å². The molecule has 0 fully saturated rings. The van der Waals surface area contributed by atoms with Gasteiger partial charge in [0.2, 0.25) is 0 Å². The highest BCUT2D eigenvalue weighted by Gasteiger charge is 2.18. The normalized spacial score (nSPS) is 10.9. The number of halogens is 1. The minimum atomic E-state index is -0.312. The molecule has 0 saturated heterocycles. The zero-order valence-electron chi connectivity index (χ0n) is 16.0. The molecule has 0 atom stereocenters. The maximum Gasteiger partial charge on any atom is 0.265 e. The third-order valence-electron chi connectivity index (χ3n) is 4.50. The third kappa shape index (κ3) is 3.54. The molecule has 29 heavy (non-hydrogen) atoms. The highest BCUT2D eigenvalue weighted by molar-refractivity contribution is 7.20. The number of amides is 1. The SMILES string of the molecule is COc1ccc(NC(=O)c2cc3c(C)nn(-c4ccc(F)cc4)c3s2)c(OC)c1. The smallest absolute Gasteiger partial charge is 0.265 e. The second-order valence-corrected chi connectivity index (χ2v) is 7.35. The lowest BCUT2D eigenvalue weighted by Crippen LogP contribution is -2.11. The van der Waals surface area contributed by atoms with Gasteiger partial charge in [-0.3, -0.25) is 4.79 Å². The fraction of sp³-hybridized carbons (Fsp3) is 0.143. The summed E-state index contributed by atoms with van der Waals surface area (Å²) in [5.41, 5.74) is 2.07. The number of aromatic nitrogens is 2. The molecule has 1 N–H and O–H groups in total. The highest BCUT2D eigenvalue weighted by atomic mass is 32.1. The Morgan fingerprint density at radius 1 is 1.10 bits per heavy atom. The van der Waals surface area contributed by atoms with Gasteiger partial charge in [0.05, 0.1) is 36.2 Å². The van der Waals surface area contributed by atoms with Gasteiger partial charge in [0.1, 0.15) is 22.1 Å². The molecule has 1 amide bonds. The molecule has 2 aromatic carbocycles. The molecule has 0 spiro atoms. The summed E-state index contributed by atoms with van der Waals surface area (Å²) < 4.78 is 25.5. The van der Waals surface area contributed by atoms with E-state index in [-0.39, 0.29) is 11.7 Å². The first kappa shape index (κ1) is 18.9. The number of benzene rings is 2. The number of thiophene rings is 1. The number of fused-ring (bicyclic) bond motifs is 1. The molecule has 4 aromatic rings. The first-order chi connectivity index (χ1) is 14.0. The quantitative estimate of drug-likeness (QED) is 0.512. The van der Waals surface area contributed by atoms with Crippen LogP contribution in [0, 0.1) is 12.7 Å². The molecule has 0 saturated carbocycles. The second kappa shape index (κ2) is 7.56. The molecule has 0 aliphatic heterocycles. The molecule has 148 valence electrons. The monoisotopic (exact) mass is 411 g/mol. The van der Waals surface area contributed by atoms with Crippen molar-refractivity contribution in [2.75, 3.05) is 19.5 Å². The van der Waals surface area contributed by atoms with Crippen LogP contribution in [0.2, 0.25) is 0 Å². The van der Waals surface area contributed by atoms with E-state index in [0.717, 1.165) is 21.6 Å². The number of rotatable bonds is 5. The first-order valence-corrected chi connectivity index (χ1v) is 9.60. The Bertz CT molecular complexity index is 1200. The van der Waals surface area contributed by atoms with Crippen LogP contribution in [0.1, 0.15) is 15.4 Å². The first-order valence-electron chi connectivity index (χ1n) is 8.78. The van der Waals surface area contributed by atoms with E-state index in [1.807, 2.05) is 13.0 Å². The lowest BCUT2D eigenvalue weighted by atomic mass is 10.2.